The summed E-state index contributed by atoms with van der Waals surface area (Å²) in [7, 11) is 1.53. The summed E-state index contributed by atoms with van der Waals surface area (Å²) in [6.45, 7) is 1.95. The molecule has 3 nitrogen and oxygen atoms in total. The number of nitrogens with two attached hydrogens (primary N) is 1. The number of pyridine rings is 1. The highest BCUT2D eigenvalue weighted by molar-refractivity contribution is 5.95. The number of fused-ring (bicyclic) bond motifs is 1. The highest BCUT2D eigenvalue weighted by Gasteiger charge is 2.12. The molecule has 0 radical (unpaired) electrons. The molecule has 2 N–H and O–H groups in total. The van der Waals surface area contributed by atoms with E-state index >= 15 is 0 Å². The zero-order valence-corrected chi connectivity index (χ0v) is 9.25. The van der Waals surface area contributed by atoms with Crippen LogP contribution in [0.5, 0.6) is 5.75 Å². The number of aromatic nitrogens is 1. The number of aryl methyl sites for hydroxylation is 1. The van der Waals surface area contributed by atoms with Crippen LogP contribution in [-0.2, 0) is 6.42 Å². The van der Waals surface area contributed by atoms with Crippen molar-refractivity contribution in [1.29, 1.82) is 0 Å². The van der Waals surface area contributed by atoms with Crippen LogP contribution in [0, 0.1) is 5.82 Å². The van der Waals surface area contributed by atoms with Gasteiger partial charge >= 0.3 is 0 Å². The molecule has 0 fully saturated rings. The molecule has 1 aromatic heterocycles. The van der Waals surface area contributed by atoms with Crippen molar-refractivity contribution in [3.8, 4) is 5.75 Å². The van der Waals surface area contributed by atoms with E-state index in [-0.39, 0.29) is 11.3 Å². The number of benzene rings is 1. The second kappa shape index (κ2) is 3.96. The molecule has 2 rings (SSSR count). The average Bonchev–Trinajstić information content (AvgIpc) is 2.30. The fourth-order valence-electron chi connectivity index (χ4n) is 1.71. The van der Waals surface area contributed by atoms with Crippen molar-refractivity contribution in [2.75, 3.05) is 12.8 Å². The molecular formula is C12H13FN2O. The van der Waals surface area contributed by atoms with Crippen molar-refractivity contribution in [3.05, 3.63) is 29.7 Å². The lowest BCUT2D eigenvalue weighted by molar-refractivity contribution is 0.419. The van der Waals surface area contributed by atoms with Gasteiger partial charge in [0.25, 0.3) is 0 Å². The Labute approximate surface area is 93.0 Å². The predicted molar refractivity (Wildman–Crippen MR) is 62.0 cm³/mol. The van der Waals surface area contributed by atoms with Gasteiger partial charge in [-0.25, -0.2) is 9.37 Å². The van der Waals surface area contributed by atoms with Gasteiger partial charge in [0.15, 0.2) is 0 Å². The molecule has 0 aliphatic heterocycles. The lowest BCUT2D eigenvalue weighted by Crippen LogP contribution is -1.98. The first-order valence-corrected chi connectivity index (χ1v) is 5.09. The summed E-state index contributed by atoms with van der Waals surface area (Å²) in [5, 5.41) is 0.541. The molecule has 1 aromatic carbocycles. The van der Waals surface area contributed by atoms with Gasteiger partial charge in [0.2, 0.25) is 0 Å². The van der Waals surface area contributed by atoms with Gasteiger partial charge in [-0.2, -0.15) is 0 Å². The zero-order chi connectivity index (χ0) is 11.7. The lowest BCUT2D eigenvalue weighted by Gasteiger charge is -2.09. The second-order valence-electron chi connectivity index (χ2n) is 3.53. The normalized spacial score (nSPS) is 10.7. The number of hydrogen-bond acceptors (Lipinski definition) is 3. The fraction of sp³-hybridized carbons (Fsp3) is 0.250. The van der Waals surface area contributed by atoms with Crippen molar-refractivity contribution in [2.45, 2.75) is 13.3 Å². The number of rotatable bonds is 2. The SMILES string of the molecule is CCc1cc(N)c2c(OC)ccc(F)c2n1. The second-order valence-corrected chi connectivity index (χ2v) is 3.53. The van der Waals surface area contributed by atoms with E-state index in [9.17, 15) is 4.39 Å². The Balaban J connectivity index is 2.86. The van der Waals surface area contributed by atoms with Crippen molar-refractivity contribution in [2.24, 2.45) is 0 Å². The summed E-state index contributed by atoms with van der Waals surface area (Å²) in [6, 6.07) is 4.65. The summed E-state index contributed by atoms with van der Waals surface area (Å²) in [5.41, 5.74) is 7.44. The Hall–Kier alpha value is -1.84. The quantitative estimate of drug-likeness (QED) is 0.846. The van der Waals surface area contributed by atoms with Gasteiger partial charge in [0.05, 0.1) is 12.5 Å². The van der Waals surface area contributed by atoms with Crippen LogP contribution in [0.4, 0.5) is 10.1 Å². The van der Waals surface area contributed by atoms with Crippen LogP contribution in [-0.4, -0.2) is 12.1 Å². The highest BCUT2D eigenvalue weighted by atomic mass is 19.1. The zero-order valence-electron chi connectivity index (χ0n) is 9.25. The molecule has 84 valence electrons. The summed E-state index contributed by atoms with van der Waals surface area (Å²) in [5.74, 6) is 0.168. The van der Waals surface area contributed by atoms with Crippen LogP contribution in [0.3, 0.4) is 0 Å². The third kappa shape index (κ3) is 1.56. The number of anilines is 1. The molecule has 2 aromatic rings. The molecule has 4 heteroatoms. The fourth-order valence-corrected chi connectivity index (χ4v) is 1.71. The van der Waals surface area contributed by atoms with Crippen LogP contribution in [0.1, 0.15) is 12.6 Å². The van der Waals surface area contributed by atoms with Crippen LogP contribution >= 0.6 is 0 Å². The maximum Gasteiger partial charge on any atom is 0.149 e. The van der Waals surface area contributed by atoms with Crippen molar-refractivity contribution in [3.63, 3.8) is 0 Å². The standard InChI is InChI=1S/C12H13FN2O/c1-3-7-6-9(14)11-10(16-2)5-4-8(13)12(11)15-7/h4-6H,3H2,1-2H3,(H2,14,15). The predicted octanol–water partition coefficient (Wildman–Crippen LogP) is 2.53. The largest absolute Gasteiger partial charge is 0.496 e. The summed E-state index contributed by atoms with van der Waals surface area (Å²) < 4.78 is 18.8. The van der Waals surface area contributed by atoms with Gasteiger partial charge in [-0.05, 0) is 24.6 Å². The molecule has 0 spiro atoms. The summed E-state index contributed by atoms with van der Waals surface area (Å²) >= 11 is 0. The van der Waals surface area contributed by atoms with E-state index in [0.717, 1.165) is 12.1 Å². The number of nitrogen functional groups attached to an aromatic ring is 1. The van der Waals surface area contributed by atoms with E-state index in [2.05, 4.69) is 4.98 Å². The molecule has 0 saturated heterocycles. The Morgan fingerprint density at radius 3 is 2.81 bits per heavy atom. The maximum atomic E-state index is 13.6. The molecule has 0 atom stereocenters. The Bertz CT molecular complexity index is 540. The highest BCUT2D eigenvalue weighted by Crippen LogP contribution is 2.31. The Morgan fingerprint density at radius 1 is 1.44 bits per heavy atom. The molecular weight excluding hydrogens is 207 g/mol. The van der Waals surface area contributed by atoms with E-state index < -0.39 is 0 Å². The minimum atomic E-state index is -0.377. The smallest absolute Gasteiger partial charge is 0.149 e. The van der Waals surface area contributed by atoms with Gasteiger partial charge in [-0.3, -0.25) is 0 Å². The van der Waals surface area contributed by atoms with Gasteiger partial charge in [0, 0.05) is 11.4 Å². The van der Waals surface area contributed by atoms with E-state index in [4.69, 9.17) is 10.5 Å². The van der Waals surface area contributed by atoms with Crippen LogP contribution in [0.15, 0.2) is 18.2 Å². The average molecular weight is 220 g/mol. The van der Waals surface area contributed by atoms with Crippen molar-refractivity contribution < 1.29 is 9.13 Å². The van der Waals surface area contributed by atoms with Gasteiger partial charge < -0.3 is 10.5 Å². The van der Waals surface area contributed by atoms with Crippen molar-refractivity contribution in [1.82, 2.24) is 4.98 Å². The maximum absolute atomic E-state index is 13.6. The van der Waals surface area contributed by atoms with E-state index in [1.807, 2.05) is 6.92 Å². The molecule has 0 unspecified atom stereocenters. The van der Waals surface area contributed by atoms with E-state index in [0.29, 0.717) is 16.8 Å². The van der Waals surface area contributed by atoms with Crippen molar-refractivity contribution >= 4 is 16.6 Å². The molecule has 16 heavy (non-hydrogen) atoms. The number of halogens is 1. The summed E-state index contributed by atoms with van der Waals surface area (Å²) in [6.07, 6.45) is 0.719. The first-order chi connectivity index (χ1) is 7.67. The molecule has 0 amide bonds. The first kappa shape index (κ1) is 10.7. The van der Waals surface area contributed by atoms with E-state index in [1.54, 1.807) is 12.1 Å². The summed E-state index contributed by atoms with van der Waals surface area (Å²) in [4.78, 5) is 4.23. The van der Waals surface area contributed by atoms with Gasteiger partial charge in [-0.1, -0.05) is 6.92 Å². The molecule has 0 aliphatic carbocycles. The number of methoxy groups -OCH3 is 1. The number of hydrogen-bond donors (Lipinski definition) is 1. The Kier molecular flexibility index (Phi) is 2.64. The first-order valence-electron chi connectivity index (χ1n) is 5.09. The lowest BCUT2D eigenvalue weighted by atomic mass is 10.1. The Morgan fingerprint density at radius 2 is 2.19 bits per heavy atom. The van der Waals surface area contributed by atoms with Crippen LogP contribution < -0.4 is 10.5 Å². The van der Waals surface area contributed by atoms with E-state index in [1.165, 1.54) is 13.2 Å². The third-order valence-electron chi connectivity index (χ3n) is 2.54. The minimum absolute atomic E-state index is 0.274. The third-order valence-corrected chi connectivity index (χ3v) is 2.54. The topological polar surface area (TPSA) is 48.1 Å². The number of nitrogens with zero attached hydrogens (tertiary/aromatic N) is 1. The molecule has 0 saturated carbocycles. The number of ether oxygens (including phenoxy) is 1. The molecule has 0 bridgehead atoms. The van der Waals surface area contributed by atoms with Gasteiger partial charge in [0.1, 0.15) is 17.1 Å². The molecule has 0 aliphatic rings. The van der Waals surface area contributed by atoms with Crippen LogP contribution in [0.25, 0.3) is 10.9 Å². The van der Waals surface area contributed by atoms with Crippen LogP contribution in [0.2, 0.25) is 0 Å². The monoisotopic (exact) mass is 220 g/mol. The van der Waals surface area contributed by atoms with Gasteiger partial charge in [-0.15, -0.1) is 0 Å². The minimum Gasteiger partial charge on any atom is -0.496 e. The molecule has 1 heterocycles.